The van der Waals surface area contributed by atoms with Crippen LogP contribution in [0, 0.1) is 0 Å². The number of carboxylic acid groups (broad SMARTS) is 1. The molecule has 88 valence electrons. The van der Waals surface area contributed by atoms with Crippen LogP contribution in [0.4, 0.5) is 4.79 Å². The van der Waals surface area contributed by atoms with E-state index in [1.165, 1.54) is 0 Å². The number of aliphatic hydroxyl groups excluding tert-OH is 1. The largest absolute Gasteiger partial charge is 0.481 e. The predicted molar refractivity (Wildman–Crippen MR) is 52.8 cm³/mol. The van der Waals surface area contributed by atoms with Gasteiger partial charge in [0.15, 0.2) is 0 Å². The molecule has 0 heterocycles. The summed E-state index contributed by atoms with van der Waals surface area (Å²) in [6.45, 7) is 3.44. The summed E-state index contributed by atoms with van der Waals surface area (Å²) in [6, 6.07) is 0. The van der Waals surface area contributed by atoms with Crippen molar-refractivity contribution >= 4 is 12.1 Å². The highest BCUT2D eigenvalue weighted by Gasteiger charge is 1.96. The van der Waals surface area contributed by atoms with Gasteiger partial charge in [0.1, 0.15) is 5.76 Å². The molecule has 7 heteroatoms. The first-order valence-corrected chi connectivity index (χ1v) is 4.11. The fraction of sp³-hybridized carbons (Fsp3) is 0.500. The van der Waals surface area contributed by atoms with Gasteiger partial charge in [-0.3, -0.25) is 4.79 Å². The molecule has 1 amide bonds. The maximum absolute atomic E-state index is 9.94. The van der Waals surface area contributed by atoms with Gasteiger partial charge >= 0.3 is 12.1 Å². The number of rotatable bonds is 5. The molecule has 0 aromatic rings. The quantitative estimate of drug-likeness (QED) is 0.456. The zero-order valence-electron chi connectivity index (χ0n) is 8.31. The third-order valence-electron chi connectivity index (χ3n) is 0.994. The van der Waals surface area contributed by atoms with E-state index in [4.69, 9.17) is 15.9 Å². The zero-order valence-corrected chi connectivity index (χ0v) is 8.31. The molecule has 0 aliphatic rings. The number of carbonyl (C=O) groups excluding carboxylic acids is 1. The molecule has 0 rings (SSSR count). The van der Waals surface area contributed by atoms with Crippen molar-refractivity contribution in [1.29, 1.82) is 0 Å². The van der Waals surface area contributed by atoms with Crippen LogP contribution >= 0.6 is 0 Å². The fourth-order valence-corrected chi connectivity index (χ4v) is 0.441. The number of primary amides is 1. The van der Waals surface area contributed by atoms with E-state index in [-0.39, 0.29) is 31.8 Å². The highest BCUT2D eigenvalue weighted by Crippen LogP contribution is 1.96. The minimum atomic E-state index is -0.895. The Bertz CT molecular complexity index is 217. The topological polar surface area (TPSA) is 136 Å². The minimum absolute atomic E-state index is 0.0694. The molecular formula is C8H16N2O5. The van der Waals surface area contributed by atoms with Crippen LogP contribution in [0.3, 0.4) is 0 Å². The molecule has 0 saturated heterocycles. The molecule has 0 spiro atoms. The first kappa shape index (κ1) is 15.9. The van der Waals surface area contributed by atoms with E-state index < -0.39 is 12.1 Å². The average molecular weight is 220 g/mol. The van der Waals surface area contributed by atoms with E-state index in [1.807, 2.05) is 0 Å². The second kappa shape index (κ2) is 10.5. The van der Waals surface area contributed by atoms with Gasteiger partial charge in [-0.15, -0.1) is 0 Å². The molecule has 7 nitrogen and oxygen atoms in total. The Labute approximate surface area is 87.3 Å². The molecular weight excluding hydrogens is 204 g/mol. The van der Waals surface area contributed by atoms with Crippen molar-refractivity contribution in [2.75, 3.05) is 13.2 Å². The SMILES string of the molecule is C=C(CCO)OC(N)=O.NCCC(=O)O. The Morgan fingerprint density at radius 2 is 1.87 bits per heavy atom. The van der Waals surface area contributed by atoms with Crippen molar-refractivity contribution in [2.45, 2.75) is 12.8 Å². The molecule has 0 aliphatic carbocycles. The Balaban J connectivity index is 0. The lowest BCUT2D eigenvalue weighted by atomic mass is 10.4. The molecule has 0 saturated carbocycles. The van der Waals surface area contributed by atoms with E-state index in [0.717, 1.165) is 0 Å². The number of aliphatic carboxylic acids is 1. The third-order valence-corrected chi connectivity index (χ3v) is 0.994. The van der Waals surface area contributed by atoms with E-state index in [1.54, 1.807) is 0 Å². The maximum atomic E-state index is 9.94. The van der Waals surface area contributed by atoms with E-state index in [2.05, 4.69) is 17.0 Å². The summed E-state index contributed by atoms with van der Waals surface area (Å²) in [4.78, 5) is 19.5. The highest BCUT2D eigenvalue weighted by molar-refractivity contribution is 5.66. The van der Waals surface area contributed by atoms with Crippen LogP contribution in [0.5, 0.6) is 0 Å². The molecule has 0 aliphatic heterocycles. The molecule has 6 N–H and O–H groups in total. The van der Waals surface area contributed by atoms with Gasteiger partial charge in [0, 0.05) is 13.0 Å². The van der Waals surface area contributed by atoms with Crippen molar-refractivity contribution in [3.05, 3.63) is 12.3 Å². The Kier molecular flexibility index (Phi) is 11.1. The number of aliphatic hydroxyl groups is 1. The van der Waals surface area contributed by atoms with Crippen LogP contribution in [-0.4, -0.2) is 35.4 Å². The number of ether oxygens (including phenoxy) is 1. The lowest BCUT2D eigenvalue weighted by molar-refractivity contribution is -0.136. The van der Waals surface area contributed by atoms with Gasteiger partial charge < -0.3 is 26.4 Å². The molecule has 0 bridgehead atoms. The van der Waals surface area contributed by atoms with Crippen LogP contribution in [0.1, 0.15) is 12.8 Å². The summed E-state index contributed by atoms with van der Waals surface area (Å²) >= 11 is 0. The normalized spacial score (nSPS) is 8.40. The van der Waals surface area contributed by atoms with Gasteiger partial charge in [0.2, 0.25) is 0 Å². The molecule has 0 atom stereocenters. The van der Waals surface area contributed by atoms with Crippen molar-refractivity contribution in [1.82, 2.24) is 0 Å². The van der Waals surface area contributed by atoms with Crippen molar-refractivity contribution in [3.8, 4) is 0 Å². The van der Waals surface area contributed by atoms with Crippen LogP contribution in [0.2, 0.25) is 0 Å². The van der Waals surface area contributed by atoms with Crippen molar-refractivity contribution in [2.24, 2.45) is 11.5 Å². The van der Waals surface area contributed by atoms with Gasteiger partial charge in [-0.25, -0.2) is 4.79 Å². The molecule has 0 aromatic carbocycles. The van der Waals surface area contributed by atoms with Crippen LogP contribution < -0.4 is 11.5 Å². The van der Waals surface area contributed by atoms with Crippen molar-refractivity contribution in [3.63, 3.8) is 0 Å². The lowest BCUT2D eigenvalue weighted by Gasteiger charge is -1.99. The Hall–Kier alpha value is -1.60. The fourth-order valence-electron chi connectivity index (χ4n) is 0.441. The van der Waals surface area contributed by atoms with Gasteiger partial charge in [0.05, 0.1) is 13.0 Å². The predicted octanol–water partition coefficient (Wildman–Crippen LogP) is -0.602. The van der Waals surface area contributed by atoms with E-state index in [0.29, 0.717) is 0 Å². The maximum Gasteiger partial charge on any atom is 0.409 e. The summed E-state index contributed by atoms with van der Waals surface area (Å²) < 4.78 is 4.28. The van der Waals surface area contributed by atoms with Gasteiger partial charge in [-0.1, -0.05) is 6.58 Å². The number of carbonyl (C=O) groups is 2. The summed E-state index contributed by atoms with van der Waals surface area (Å²) in [6.07, 6.45) is -0.586. The molecule has 0 aromatic heterocycles. The number of amides is 1. The zero-order chi connectivity index (χ0) is 12.3. The summed E-state index contributed by atoms with van der Waals surface area (Å²) in [5.41, 5.74) is 9.47. The van der Waals surface area contributed by atoms with Crippen LogP contribution in [0.15, 0.2) is 12.3 Å². The van der Waals surface area contributed by atoms with Gasteiger partial charge in [-0.2, -0.15) is 0 Å². The Morgan fingerprint density at radius 1 is 1.33 bits per heavy atom. The summed E-state index contributed by atoms with van der Waals surface area (Å²) in [5, 5.41) is 16.1. The second-order valence-electron chi connectivity index (χ2n) is 2.37. The smallest absolute Gasteiger partial charge is 0.409 e. The minimum Gasteiger partial charge on any atom is -0.481 e. The number of hydrogen-bond acceptors (Lipinski definition) is 5. The van der Waals surface area contributed by atoms with Gasteiger partial charge in [-0.05, 0) is 0 Å². The lowest BCUT2D eigenvalue weighted by Crippen LogP contribution is -2.12. The Morgan fingerprint density at radius 3 is 2.07 bits per heavy atom. The number of hydrogen-bond donors (Lipinski definition) is 4. The van der Waals surface area contributed by atoms with Crippen LogP contribution in [-0.2, 0) is 9.53 Å². The molecule has 0 radical (unpaired) electrons. The highest BCUT2D eigenvalue weighted by atomic mass is 16.5. The number of nitrogens with two attached hydrogens (primary N) is 2. The van der Waals surface area contributed by atoms with E-state index in [9.17, 15) is 9.59 Å². The van der Waals surface area contributed by atoms with E-state index >= 15 is 0 Å². The van der Waals surface area contributed by atoms with Crippen LogP contribution in [0.25, 0.3) is 0 Å². The standard InChI is InChI=1S/C5H9NO3.C3H7NO2/c1-4(2-3-7)9-5(6)8;4-2-1-3(5)6/h7H,1-3H2,(H2,6,8);1-2,4H2,(H,5,6). The molecule has 0 unspecified atom stereocenters. The van der Waals surface area contributed by atoms with Gasteiger partial charge in [0.25, 0.3) is 0 Å². The molecule has 0 fully saturated rings. The number of carboxylic acids is 1. The first-order valence-electron chi connectivity index (χ1n) is 4.11. The van der Waals surface area contributed by atoms with Crippen molar-refractivity contribution < 1.29 is 24.5 Å². The molecule has 15 heavy (non-hydrogen) atoms. The second-order valence-corrected chi connectivity index (χ2v) is 2.37. The average Bonchev–Trinajstić information content (AvgIpc) is 2.03. The summed E-state index contributed by atoms with van der Waals surface area (Å²) in [5.74, 6) is -0.650. The monoisotopic (exact) mass is 220 g/mol. The summed E-state index contributed by atoms with van der Waals surface area (Å²) in [7, 11) is 0. The third kappa shape index (κ3) is 19.0. The first-order chi connectivity index (χ1) is 6.93.